The van der Waals surface area contributed by atoms with Crippen molar-refractivity contribution in [1.29, 1.82) is 0 Å². The Hall–Kier alpha value is -3.06. The number of anilines is 1. The molecule has 0 amide bonds. The van der Waals surface area contributed by atoms with Crippen LogP contribution in [0.4, 0.5) is 10.1 Å². The van der Waals surface area contributed by atoms with Gasteiger partial charge in [0.05, 0.1) is 7.11 Å². The van der Waals surface area contributed by atoms with E-state index in [1.807, 2.05) is 13.1 Å². The third-order valence-electron chi connectivity index (χ3n) is 6.08. The lowest BCUT2D eigenvalue weighted by molar-refractivity contribution is 0.172. The summed E-state index contributed by atoms with van der Waals surface area (Å²) >= 11 is 0. The Bertz CT molecular complexity index is 943. The van der Waals surface area contributed by atoms with Crippen molar-refractivity contribution in [2.75, 3.05) is 58.3 Å². The van der Waals surface area contributed by atoms with Gasteiger partial charge in [-0.25, -0.2) is 4.39 Å². The number of guanidine groups is 1. The molecule has 2 aliphatic heterocycles. The van der Waals surface area contributed by atoms with E-state index in [-0.39, 0.29) is 11.6 Å². The van der Waals surface area contributed by atoms with Gasteiger partial charge in [-0.2, -0.15) is 0 Å². The highest BCUT2D eigenvalue weighted by molar-refractivity contribution is 5.80. The molecule has 32 heavy (non-hydrogen) atoms. The van der Waals surface area contributed by atoms with Crippen molar-refractivity contribution < 1.29 is 9.13 Å². The second kappa shape index (κ2) is 10.5. The normalized spacial score (nSPS) is 17.2. The summed E-state index contributed by atoms with van der Waals surface area (Å²) in [5, 5.41) is 3.50. The molecule has 0 atom stereocenters. The van der Waals surface area contributed by atoms with Crippen LogP contribution >= 0.6 is 0 Å². The number of methoxy groups -OCH3 is 1. The van der Waals surface area contributed by atoms with E-state index in [2.05, 4.69) is 61.4 Å². The molecule has 2 heterocycles. The molecule has 0 radical (unpaired) electrons. The average molecular weight is 438 g/mol. The average Bonchev–Trinajstić information content (AvgIpc) is 3.36. The second-order valence-corrected chi connectivity index (χ2v) is 8.18. The van der Waals surface area contributed by atoms with Crippen LogP contribution in [0.1, 0.15) is 11.1 Å². The topological polar surface area (TPSA) is 43.3 Å². The van der Waals surface area contributed by atoms with E-state index in [1.165, 1.54) is 18.4 Å². The molecule has 6 nitrogen and oxygen atoms in total. The summed E-state index contributed by atoms with van der Waals surface area (Å²) in [6.45, 7) is 7.06. The lowest BCUT2D eigenvalue weighted by Crippen LogP contribution is -2.52. The first-order valence-electron chi connectivity index (χ1n) is 11.2. The molecule has 0 spiro atoms. The predicted octanol–water partition coefficient (Wildman–Crippen LogP) is 3.10. The monoisotopic (exact) mass is 437 g/mol. The highest BCUT2D eigenvalue weighted by Gasteiger charge is 2.20. The van der Waals surface area contributed by atoms with E-state index in [0.717, 1.165) is 63.9 Å². The number of benzene rings is 2. The van der Waals surface area contributed by atoms with Gasteiger partial charge in [-0.15, -0.1) is 0 Å². The zero-order chi connectivity index (χ0) is 22.3. The summed E-state index contributed by atoms with van der Waals surface area (Å²) < 4.78 is 19.0. The van der Waals surface area contributed by atoms with Gasteiger partial charge in [0.25, 0.3) is 0 Å². The van der Waals surface area contributed by atoms with Crippen LogP contribution in [0.15, 0.2) is 59.6 Å². The molecule has 0 saturated carbocycles. The zero-order valence-corrected chi connectivity index (χ0v) is 18.9. The highest BCUT2D eigenvalue weighted by Crippen LogP contribution is 2.20. The third-order valence-corrected chi connectivity index (χ3v) is 6.08. The first-order chi connectivity index (χ1) is 15.7. The number of nitrogens with zero attached hydrogens (tertiary/aromatic N) is 4. The summed E-state index contributed by atoms with van der Waals surface area (Å²) in [4.78, 5) is 11.5. The smallest absolute Gasteiger partial charge is 0.194 e. The third kappa shape index (κ3) is 5.40. The first kappa shape index (κ1) is 22.1. The van der Waals surface area contributed by atoms with Crippen molar-refractivity contribution >= 4 is 11.6 Å². The molecule has 0 aromatic heterocycles. The quantitative estimate of drug-likeness (QED) is 0.427. The number of hydrogen-bond acceptors (Lipinski definition) is 4. The van der Waals surface area contributed by atoms with Gasteiger partial charge >= 0.3 is 0 Å². The summed E-state index contributed by atoms with van der Waals surface area (Å²) in [5.74, 6) is 0.905. The maximum Gasteiger partial charge on any atom is 0.194 e. The molecule has 4 rings (SSSR count). The SMILES string of the molecule is CN=C(NCc1ccc(N2CC=CC2)cc1)N1CCN(Cc2ccc(OC)c(F)c2)CC1. The van der Waals surface area contributed by atoms with Crippen LogP contribution < -0.4 is 15.0 Å². The number of piperazine rings is 1. The number of nitrogens with one attached hydrogen (secondary N) is 1. The summed E-state index contributed by atoms with van der Waals surface area (Å²) in [6.07, 6.45) is 4.41. The highest BCUT2D eigenvalue weighted by atomic mass is 19.1. The molecule has 1 saturated heterocycles. The summed E-state index contributed by atoms with van der Waals surface area (Å²) in [5.41, 5.74) is 3.46. The largest absolute Gasteiger partial charge is 0.494 e. The number of hydrogen-bond donors (Lipinski definition) is 1. The molecule has 0 aliphatic carbocycles. The van der Waals surface area contributed by atoms with Crippen LogP contribution in [-0.4, -0.2) is 69.2 Å². The van der Waals surface area contributed by atoms with Crippen molar-refractivity contribution in [3.63, 3.8) is 0 Å². The van der Waals surface area contributed by atoms with E-state index in [4.69, 9.17) is 4.74 Å². The molecule has 170 valence electrons. The minimum Gasteiger partial charge on any atom is -0.494 e. The van der Waals surface area contributed by atoms with Gasteiger partial charge in [-0.1, -0.05) is 30.4 Å². The first-order valence-corrected chi connectivity index (χ1v) is 11.2. The molecule has 2 aromatic carbocycles. The molecule has 1 fully saturated rings. The van der Waals surface area contributed by atoms with Crippen molar-refractivity contribution in [2.24, 2.45) is 4.99 Å². The Labute approximate surface area is 190 Å². The Morgan fingerprint density at radius 3 is 2.31 bits per heavy atom. The molecule has 2 aromatic rings. The fourth-order valence-electron chi connectivity index (χ4n) is 4.21. The van der Waals surface area contributed by atoms with E-state index in [1.54, 1.807) is 12.1 Å². The Morgan fingerprint density at radius 2 is 1.69 bits per heavy atom. The second-order valence-electron chi connectivity index (χ2n) is 8.18. The van der Waals surface area contributed by atoms with Crippen LogP contribution in [0.2, 0.25) is 0 Å². The fraction of sp³-hybridized carbons (Fsp3) is 0.400. The summed E-state index contributed by atoms with van der Waals surface area (Å²) in [6, 6.07) is 13.9. The molecule has 2 aliphatic rings. The van der Waals surface area contributed by atoms with Crippen molar-refractivity contribution in [3.8, 4) is 5.75 Å². The number of aliphatic imine (C=N–C) groups is 1. The minimum atomic E-state index is -0.307. The maximum absolute atomic E-state index is 14.0. The molecule has 7 heteroatoms. The van der Waals surface area contributed by atoms with E-state index in [0.29, 0.717) is 0 Å². The fourth-order valence-corrected chi connectivity index (χ4v) is 4.21. The van der Waals surface area contributed by atoms with Crippen LogP contribution in [0, 0.1) is 5.82 Å². The lowest BCUT2D eigenvalue weighted by atomic mass is 10.2. The summed E-state index contributed by atoms with van der Waals surface area (Å²) in [7, 11) is 3.32. The van der Waals surface area contributed by atoms with E-state index in [9.17, 15) is 4.39 Å². The van der Waals surface area contributed by atoms with Gasteiger partial charge in [0.15, 0.2) is 17.5 Å². The zero-order valence-electron chi connectivity index (χ0n) is 18.9. The predicted molar refractivity (Wildman–Crippen MR) is 128 cm³/mol. The number of ether oxygens (including phenoxy) is 1. The Morgan fingerprint density at radius 1 is 1.00 bits per heavy atom. The standard InChI is InChI=1S/C25H32FN5O/c1-27-25(28-18-20-5-8-22(9-6-20)30-11-3-4-12-30)31-15-13-29(14-16-31)19-21-7-10-24(32-2)23(26)17-21/h3-10,17H,11-16,18-19H2,1-2H3,(H,27,28). The number of halogens is 1. The van der Waals surface area contributed by atoms with Crippen LogP contribution in [0.5, 0.6) is 5.75 Å². The van der Waals surface area contributed by atoms with Gasteiger partial charge in [0.1, 0.15) is 0 Å². The maximum atomic E-state index is 14.0. The molecule has 0 unspecified atom stereocenters. The van der Waals surface area contributed by atoms with Gasteiger partial charge in [-0.3, -0.25) is 9.89 Å². The van der Waals surface area contributed by atoms with Gasteiger partial charge in [0.2, 0.25) is 0 Å². The molecular formula is C25H32FN5O. The van der Waals surface area contributed by atoms with Crippen molar-refractivity contribution in [2.45, 2.75) is 13.1 Å². The Kier molecular flexibility index (Phi) is 7.27. The van der Waals surface area contributed by atoms with Crippen LogP contribution in [0.25, 0.3) is 0 Å². The van der Waals surface area contributed by atoms with Gasteiger partial charge < -0.3 is 19.9 Å². The van der Waals surface area contributed by atoms with Crippen molar-refractivity contribution in [3.05, 3.63) is 71.6 Å². The van der Waals surface area contributed by atoms with E-state index < -0.39 is 0 Å². The van der Waals surface area contributed by atoms with Crippen LogP contribution in [-0.2, 0) is 13.1 Å². The van der Waals surface area contributed by atoms with Gasteiger partial charge in [-0.05, 0) is 35.4 Å². The van der Waals surface area contributed by atoms with Gasteiger partial charge in [0, 0.05) is 65.1 Å². The van der Waals surface area contributed by atoms with E-state index >= 15 is 0 Å². The lowest BCUT2D eigenvalue weighted by Gasteiger charge is -2.36. The van der Waals surface area contributed by atoms with Crippen LogP contribution in [0.3, 0.4) is 0 Å². The molecule has 1 N–H and O–H groups in total. The molecular weight excluding hydrogens is 405 g/mol. The Balaban J connectivity index is 1.24. The number of rotatable bonds is 6. The van der Waals surface area contributed by atoms with Crippen molar-refractivity contribution in [1.82, 2.24) is 15.1 Å². The minimum absolute atomic E-state index is 0.288. The molecule has 0 bridgehead atoms.